The molecule has 0 aromatic heterocycles. The molecular formula is C19H30ClN. The van der Waals surface area contributed by atoms with Crippen LogP contribution in [0.5, 0.6) is 0 Å². The first kappa shape index (κ1) is 16.8. The van der Waals surface area contributed by atoms with Crippen LogP contribution in [-0.2, 0) is 0 Å². The van der Waals surface area contributed by atoms with Gasteiger partial charge in [0.2, 0.25) is 0 Å². The standard InChI is InChI=1S/C19H30ClN/c1-13(2)15-7-11-18(12-8-15)21-19(14(3)4)16-5-9-17(20)10-6-16/h5-6,9-10,13-15,18-19,21H,7-8,11-12H2,1-4H3. The fourth-order valence-corrected chi connectivity index (χ4v) is 3.68. The third-order valence-electron chi connectivity index (χ3n) is 5.03. The summed E-state index contributed by atoms with van der Waals surface area (Å²) in [7, 11) is 0. The number of hydrogen-bond acceptors (Lipinski definition) is 1. The van der Waals surface area contributed by atoms with Crippen molar-refractivity contribution < 1.29 is 0 Å². The number of benzene rings is 1. The minimum Gasteiger partial charge on any atom is -0.307 e. The zero-order chi connectivity index (χ0) is 15.4. The first-order valence-electron chi connectivity index (χ1n) is 8.49. The van der Waals surface area contributed by atoms with Crippen LogP contribution in [0.15, 0.2) is 24.3 Å². The molecule has 1 aromatic carbocycles. The normalized spacial score (nSPS) is 24.5. The molecule has 1 N–H and O–H groups in total. The Hall–Kier alpha value is -0.530. The van der Waals surface area contributed by atoms with E-state index in [2.05, 4.69) is 45.1 Å². The summed E-state index contributed by atoms with van der Waals surface area (Å²) in [6, 6.07) is 9.44. The lowest BCUT2D eigenvalue weighted by Crippen LogP contribution is -2.38. The van der Waals surface area contributed by atoms with Gasteiger partial charge in [-0.1, -0.05) is 51.4 Å². The zero-order valence-corrected chi connectivity index (χ0v) is 14.7. The Morgan fingerprint density at radius 2 is 1.52 bits per heavy atom. The van der Waals surface area contributed by atoms with Crippen molar-refractivity contribution in [2.45, 2.75) is 65.5 Å². The average Bonchev–Trinajstić information content (AvgIpc) is 2.46. The van der Waals surface area contributed by atoms with Crippen molar-refractivity contribution in [2.24, 2.45) is 17.8 Å². The molecule has 2 heteroatoms. The molecule has 1 aliphatic carbocycles. The summed E-state index contributed by atoms with van der Waals surface area (Å²) in [6.07, 6.45) is 5.39. The fourth-order valence-electron chi connectivity index (χ4n) is 3.55. The van der Waals surface area contributed by atoms with Crippen LogP contribution in [0.1, 0.15) is 65.0 Å². The molecule has 1 aliphatic rings. The Bertz CT molecular complexity index is 416. The number of nitrogens with one attached hydrogen (secondary N) is 1. The van der Waals surface area contributed by atoms with Gasteiger partial charge in [0.05, 0.1) is 0 Å². The lowest BCUT2D eigenvalue weighted by Gasteiger charge is -2.35. The summed E-state index contributed by atoms with van der Waals surface area (Å²) in [5.74, 6) is 2.35. The molecule has 21 heavy (non-hydrogen) atoms. The molecule has 0 heterocycles. The summed E-state index contributed by atoms with van der Waals surface area (Å²) in [5, 5.41) is 4.73. The van der Waals surface area contributed by atoms with Crippen molar-refractivity contribution in [3.05, 3.63) is 34.9 Å². The van der Waals surface area contributed by atoms with E-state index in [1.807, 2.05) is 12.1 Å². The second-order valence-corrected chi connectivity index (χ2v) is 7.73. The fraction of sp³-hybridized carbons (Fsp3) is 0.684. The van der Waals surface area contributed by atoms with E-state index in [0.717, 1.165) is 16.9 Å². The van der Waals surface area contributed by atoms with Crippen LogP contribution in [0, 0.1) is 17.8 Å². The van der Waals surface area contributed by atoms with E-state index in [4.69, 9.17) is 11.6 Å². The molecule has 1 saturated carbocycles. The molecule has 1 fully saturated rings. The topological polar surface area (TPSA) is 12.0 Å². The van der Waals surface area contributed by atoms with Crippen LogP contribution in [0.4, 0.5) is 0 Å². The Labute approximate surface area is 135 Å². The molecule has 0 spiro atoms. The van der Waals surface area contributed by atoms with Crippen LogP contribution < -0.4 is 5.32 Å². The summed E-state index contributed by atoms with van der Waals surface area (Å²) >= 11 is 6.01. The van der Waals surface area contributed by atoms with Gasteiger partial charge in [-0.2, -0.15) is 0 Å². The largest absolute Gasteiger partial charge is 0.307 e. The van der Waals surface area contributed by atoms with Crippen molar-refractivity contribution in [3.8, 4) is 0 Å². The third-order valence-corrected chi connectivity index (χ3v) is 5.28. The number of hydrogen-bond donors (Lipinski definition) is 1. The number of rotatable bonds is 5. The van der Waals surface area contributed by atoms with Gasteiger partial charge in [-0.05, 0) is 61.1 Å². The highest BCUT2D eigenvalue weighted by molar-refractivity contribution is 6.30. The van der Waals surface area contributed by atoms with Crippen LogP contribution in [0.3, 0.4) is 0 Å². The molecule has 0 bridgehead atoms. The Kier molecular flexibility index (Phi) is 6.13. The van der Waals surface area contributed by atoms with Gasteiger partial charge >= 0.3 is 0 Å². The van der Waals surface area contributed by atoms with Gasteiger partial charge in [0.25, 0.3) is 0 Å². The summed E-state index contributed by atoms with van der Waals surface area (Å²) in [4.78, 5) is 0. The second-order valence-electron chi connectivity index (χ2n) is 7.30. The summed E-state index contributed by atoms with van der Waals surface area (Å²) in [5.41, 5.74) is 1.36. The van der Waals surface area contributed by atoms with E-state index in [9.17, 15) is 0 Å². The van der Waals surface area contributed by atoms with Gasteiger partial charge in [-0.3, -0.25) is 0 Å². The predicted molar refractivity (Wildman–Crippen MR) is 92.8 cm³/mol. The smallest absolute Gasteiger partial charge is 0.0406 e. The molecule has 1 atom stereocenters. The number of halogens is 1. The highest BCUT2D eigenvalue weighted by atomic mass is 35.5. The van der Waals surface area contributed by atoms with E-state index in [1.165, 1.54) is 31.2 Å². The van der Waals surface area contributed by atoms with E-state index < -0.39 is 0 Å². The van der Waals surface area contributed by atoms with Gasteiger partial charge in [0, 0.05) is 17.1 Å². The second kappa shape index (κ2) is 7.65. The third kappa shape index (κ3) is 4.72. The minimum absolute atomic E-state index is 0.433. The van der Waals surface area contributed by atoms with Crippen molar-refractivity contribution in [1.82, 2.24) is 5.32 Å². The molecule has 1 aromatic rings. The average molecular weight is 308 g/mol. The van der Waals surface area contributed by atoms with Crippen LogP contribution >= 0.6 is 11.6 Å². The van der Waals surface area contributed by atoms with Crippen molar-refractivity contribution >= 4 is 11.6 Å². The van der Waals surface area contributed by atoms with Gasteiger partial charge in [0.1, 0.15) is 0 Å². The maximum absolute atomic E-state index is 6.01. The molecule has 2 rings (SSSR count). The Morgan fingerprint density at radius 3 is 2.00 bits per heavy atom. The van der Waals surface area contributed by atoms with Crippen molar-refractivity contribution in [2.75, 3.05) is 0 Å². The molecule has 0 saturated heterocycles. The first-order chi connectivity index (χ1) is 9.97. The van der Waals surface area contributed by atoms with Gasteiger partial charge in [0.15, 0.2) is 0 Å². The Balaban J connectivity index is 1.96. The molecule has 1 unspecified atom stereocenters. The quantitative estimate of drug-likeness (QED) is 0.720. The van der Waals surface area contributed by atoms with Gasteiger partial charge in [-0.15, -0.1) is 0 Å². The van der Waals surface area contributed by atoms with Gasteiger partial charge < -0.3 is 5.32 Å². The minimum atomic E-state index is 0.433. The van der Waals surface area contributed by atoms with Gasteiger partial charge in [-0.25, -0.2) is 0 Å². The molecule has 0 radical (unpaired) electrons. The van der Waals surface area contributed by atoms with Crippen molar-refractivity contribution in [3.63, 3.8) is 0 Å². The molecule has 118 valence electrons. The van der Waals surface area contributed by atoms with E-state index in [1.54, 1.807) is 0 Å². The molecule has 1 nitrogen and oxygen atoms in total. The maximum Gasteiger partial charge on any atom is 0.0406 e. The maximum atomic E-state index is 6.01. The summed E-state index contributed by atoms with van der Waals surface area (Å²) < 4.78 is 0. The first-order valence-corrected chi connectivity index (χ1v) is 8.86. The van der Waals surface area contributed by atoms with Crippen LogP contribution in [0.25, 0.3) is 0 Å². The monoisotopic (exact) mass is 307 g/mol. The van der Waals surface area contributed by atoms with E-state index in [0.29, 0.717) is 18.0 Å². The molecule has 0 amide bonds. The highest BCUT2D eigenvalue weighted by Crippen LogP contribution is 2.32. The van der Waals surface area contributed by atoms with E-state index in [-0.39, 0.29) is 0 Å². The zero-order valence-electron chi connectivity index (χ0n) is 13.9. The van der Waals surface area contributed by atoms with Crippen LogP contribution in [0.2, 0.25) is 5.02 Å². The predicted octanol–water partition coefficient (Wildman–Crippen LogP) is 5.84. The highest BCUT2D eigenvalue weighted by Gasteiger charge is 2.26. The molecular weight excluding hydrogens is 278 g/mol. The molecule has 0 aliphatic heterocycles. The van der Waals surface area contributed by atoms with Crippen molar-refractivity contribution in [1.29, 1.82) is 0 Å². The Morgan fingerprint density at radius 1 is 0.952 bits per heavy atom. The van der Waals surface area contributed by atoms with Crippen LogP contribution in [-0.4, -0.2) is 6.04 Å². The SMILES string of the molecule is CC(C)C1CCC(NC(c2ccc(Cl)cc2)C(C)C)CC1. The summed E-state index contributed by atoms with van der Waals surface area (Å²) in [6.45, 7) is 9.32. The lowest BCUT2D eigenvalue weighted by atomic mass is 9.79. The lowest BCUT2D eigenvalue weighted by molar-refractivity contribution is 0.218. The van der Waals surface area contributed by atoms with E-state index >= 15 is 0 Å².